The fourth-order valence-corrected chi connectivity index (χ4v) is 5.73. The van der Waals surface area contributed by atoms with Crippen LogP contribution in [-0.2, 0) is 9.59 Å². The largest absolute Gasteiger partial charge is 0.369 e. The van der Waals surface area contributed by atoms with Crippen LogP contribution >= 0.6 is 0 Å². The minimum atomic E-state index is 0.0572. The van der Waals surface area contributed by atoms with Gasteiger partial charge in [-0.15, -0.1) is 0 Å². The van der Waals surface area contributed by atoms with E-state index < -0.39 is 0 Å². The van der Waals surface area contributed by atoms with E-state index in [1.54, 1.807) is 0 Å². The third kappa shape index (κ3) is 5.23. The molecule has 0 unspecified atom stereocenters. The Labute approximate surface area is 202 Å². The molecule has 2 aliphatic carbocycles. The molecule has 184 valence electrons. The zero-order valence-corrected chi connectivity index (χ0v) is 20.3. The summed E-state index contributed by atoms with van der Waals surface area (Å²) in [7, 11) is 0. The van der Waals surface area contributed by atoms with E-state index >= 15 is 0 Å². The highest BCUT2D eigenvalue weighted by Crippen LogP contribution is 2.33. The molecule has 4 aliphatic rings. The van der Waals surface area contributed by atoms with Crippen molar-refractivity contribution in [1.29, 1.82) is 0 Å². The lowest BCUT2D eigenvalue weighted by Gasteiger charge is -2.31. The Morgan fingerprint density at radius 3 is 2.18 bits per heavy atom. The van der Waals surface area contributed by atoms with Gasteiger partial charge >= 0.3 is 0 Å². The first-order valence-electron chi connectivity index (χ1n) is 13.4. The summed E-state index contributed by atoms with van der Waals surface area (Å²) in [6.45, 7) is 4.62. The molecule has 7 heteroatoms. The van der Waals surface area contributed by atoms with Crippen LogP contribution in [0.3, 0.4) is 0 Å². The average Bonchev–Trinajstić information content (AvgIpc) is 3.63. The molecule has 7 nitrogen and oxygen atoms in total. The summed E-state index contributed by atoms with van der Waals surface area (Å²) >= 11 is 0. The van der Waals surface area contributed by atoms with E-state index in [1.807, 2.05) is 28.0 Å². The fraction of sp³-hybridized carbons (Fsp3) is 0.667. The van der Waals surface area contributed by atoms with Gasteiger partial charge in [-0.1, -0.05) is 12.8 Å². The van der Waals surface area contributed by atoms with E-state index in [0.29, 0.717) is 23.7 Å². The Morgan fingerprint density at radius 1 is 0.706 bits per heavy atom. The summed E-state index contributed by atoms with van der Waals surface area (Å²) in [6.07, 6.45) is 10.4. The number of carbonyl (C=O) groups excluding carboxylic acids is 3. The Kier molecular flexibility index (Phi) is 7.07. The summed E-state index contributed by atoms with van der Waals surface area (Å²) in [5, 5.41) is 3.08. The van der Waals surface area contributed by atoms with E-state index in [9.17, 15) is 14.4 Å². The molecule has 3 amide bonds. The predicted octanol–water partition coefficient (Wildman–Crippen LogP) is 3.89. The Hall–Kier alpha value is -2.57. The van der Waals surface area contributed by atoms with Gasteiger partial charge in [0.2, 0.25) is 11.8 Å². The molecule has 0 radical (unpaired) electrons. The minimum Gasteiger partial charge on any atom is -0.369 e. The maximum atomic E-state index is 13.6. The summed E-state index contributed by atoms with van der Waals surface area (Å²) in [6, 6.07) is 5.82. The third-order valence-corrected chi connectivity index (χ3v) is 7.94. The number of hydrogen-bond acceptors (Lipinski definition) is 4. The van der Waals surface area contributed by atoms with Crippen molar-refractivity contribution in [2.24, 2.45) is 11.8 Å². The maximum absolute atomic E-state index is 13.6. The lowest BCUT2D eigenvalue weighted by molar-refractivity contribution is -0.132. The van der Waals surface area contributed by atoms with Gasteiger partial charge in [0.25, 0.3) is 5.91 Å². The Morgan fingerprint density at radius 2 is 1.44 bits per heavy atom. The standard InChI is InChI=1S/C27H38N4O3/c32-25(20-7-2-3-8-20)28-22-11-12-24(23(19-22)27(34)30-13-4-1-5-14-30)29-15-6-16-31(18-17-29)26(33)21-9-10-21/h11-12,19-21H,1-10,13-18H2,(H,28,32). The van der Waals surface area contributed by atoms with Crippen molar-refractivity contribution in [3.63, 3.8) is 0 Å². The normalized spacial score (nSPS) is 21.9. The molecule has 2 saturated heterocycles. The summed E-state index contributed by atoms with van der Waals surface area (Å²) < 4.78 is 0. The first-order chi connectivity index (χ1) is 16.6. The van der Waals surface area contributed by atoms with E-state index in [0.717, 1.165) is 96.2 Å². The molecule has 0 spiro atoms. The first-order valence-corrected chi connectivity index (χ1v) is 13.4. The van der Waals surface area contributed by atoms with Crippen molar-refractivity contribution in [2.45, 2.75) is 64.2 Å². The topological polar surface area (TPSA) is 73.0 Å². The van der Waals surface area contributed by atoms with Crippen molar-refractivity contribution in [3.05, 3.63) is 23.8 Å². The van der Waals surface area contributed by atoms with Crippen LogP contribution in [0.15, 0.2) is 18.2 Å². The number of carbonyl (C=O) groups is 3. The SMILES string of the molecule is O=C(Nc1ccc(N2CCCN(C(=O)C3CC3)CC2)c(C(=O)N2CCCCC2)c1)C1CCCC1. The van der Waals surface area contributed by atoms with Crippen LogP contribution in [0.5, 0.6) is 0 Å². The number of nitrogens with zero attached hydrogens (tertiary/aromatic N) is 3. The van der Waals surface area contributed by atoms with Crippen molar-refractivity contribution in [3.8, 4) is 0 Å². The number of nitrogens with one attached hydrogen (secondary N) is 1. The van der Waals surface area contributed by atoms with Crippen molar-refractivity contribution < 1.29 is 14.4 Å². The maximum Gasteiger partial charge on any atom is 0.256 e. The molecule has 2 saturated carbocycles. The number of amides is 3. The number of rotatable bonds is 5. The zero-order chi connectivity index (χ0) is 23.5. The molecule has 34 heavy (non-hydrogen) atoms. The molecule has 0 bridgehead atoms. The van der Waals surface area contributed by atoms with E-state index in [2.05, 4.69) is 10.2 Å². The van der Waals surface area contributed by atoms with Gasteiger partial charge in [-0.2, -0.15) is 0 Å². The molecule has 1 N–H and O–H groups in total. The van der Waals surface area contributed by atoms with E-state index in [-0.39, 0.29) is 23.7 Å². The van der Waals surface area contributed by atoms with Gasteiger partial charge in [0.15, 0.2) is 0 Å². The van der Waals surface area contributed by atoms with Crippen LogP contribution in [0.25, 0.3) is 0 Å². The number of benzene rings is 1. The van der Waals surface area contributed by atoms with Gasteiger partial charge in [-0.25, -0.2) is 0 Å². The number of likely N-dealkylation sites (tertiary alicyclic amines) is 1. The highest BCUT2D eigenvalue weighted by atomic mass is 16.2. The van der Waals surface area contributed by atoms with Gasteiger partial charge in [0.1, 0.15) is 0 Å². The highest BCUT2D eigenvalue weighted by Gasteiger charge is 2.34. The average molecular weight is 467 g/mol. The van der Waals surface area contributed by atoms with Gasteiger partial charge in [0.05, 0.1) is 5.56 Å². The summed E-state index contributed by atoms with van der Waals surface area (Å²) in [4.78, 5) is 45.2. The molecule has 0 atom stereocenters. The summed E-state index contributed by atoms with van der Waals surface area (Å²) in [5.41, 5.74) is 2.31. The smallest absolute Gasteiger partial charge is 0.256 e. The Bertz CT molecular complexity index is 916. The van der Waals surface area contributed by atoms with Gasteiger partial charge in [0, 0.05) is 62.5 Å². The van der Waals surface area contributed by atoms with Crippen LogP contribution < -0.4 is 10.2 Å². The second-order valence-corrected chi connectivity index (χ2v) is 10.5. The Balaban J connectivity index is 1.36. The molecule has 2 aliphatic heterocycles. The number of anilines is 2. The van der Waals surface area contributed by atoms with Crippen LogP contribution in [0.1, 0.15) is 74.6 Å². The molecule has 0 aromatic heterocycles. The lowest BCUT2D eigenvalue weighted by atomic mass is 10.0. The van der Waals surface area contributed by atoms with Crippen molar-refractivity contribution >= 4 is 29.1 Å². The van der Waals surface area contributed by atoms with E-state index in [4.69, 9.17) is 0 Å². The molecular weight excluding hydrogens is 428 g/mol. The lowest BCUT2D eigenvalue weighted by Crippen LogP contribution is -2.38. The number of piperidine rings is 1. The zero-order valence-electron chi connectivity index (χ0n) is 20.3. The van der Waals surface area contributed by atoms with Crippen LogP contribution in [0.4, 0.5) is 11.4 Å². The second kappa shape index (κ2) is 10.4. The van der Waals surface area contributed by atoms with Crippen molar-refractivity contribution in [1.82, 2.24) is 9.80 Å². The fourth-order valence-electron chi connectivity index (χ4n) is 5.73. The monoisotopic (exact) mass is 466 g/mol. The molecular formula is C27H38N4O3. The number of hydrogen-bond donors (Lipinski definition) is 1. The van der Waals surface area contributed by atoms with E-state index in [1.165, 1.54) is 6.42 Å². The first kappa shape index (κ1) is 23.2. The van der Waals surface area contributed by atoms with Gasteiger partial charge in [-0.05, 0) is 69.6 Å². The second-order valence-electron chi connectivity index (χ2n) is 10.5. The molecule has 1 aromatic carbocycles. The molecule has 1 aromatic rings. The predicted molar refractivity (Wildman–Crippen MR) is 133 cm³/mol. The van der Waals surface area contributed by atoms with Crippen LogP contribution in [-0.4, -0.2) is 66.8 Å². The minimum absolute atomic E-state index is 0.0572. The van der Waals surface area contributed by atoms with Gasteiger partial charge < -0.3 is 20.0 Å². The van der Waals surface area contributed by atoms with Crippen molar-refractivity contribution in [2.75, 3.05) is 49.5 Å². The summed E-state index contributed by atoms with van der Waals surface area (Å²) in [5.74, 6) is 0.760. The molecule has 5 rings (SSSR count). The highest BCUT2D eigenvalue weighted by molar-refractivity contribution is 6.02. The van der Waals surface area contributed by atoms with Crippen LogP contribution in [0, 0.1) is 11.8 Å². The molecule has 4 fully saturated rings. The van der Waals surface area contributed by atoms with Crippen LogP contribution in [0.2, 0.25) is 0 Å². The molecule has 2 heterocycles. The quantitative estimate of drug-likeness (QED) is 0.715. The third-order valence-electron chi connectivity index (χ3n) is 7.94. The van der Waals surface area contributed by atoms with Gasteiger partial charge in [-0.3, -0.25) is 14.4 Å².